The zero-order valence-corrected chi connectivity index (χ0v) is 14.8. The highest BCUT2D eigenvalue weighted by molar-refractivity contribution is 7.22. The predicted molar refractivity (Wildman–Crippen MR) is 97.8 cm³/mol. The minimum Gasteiger partial charge on any atom is -0.497 e. The molecule has 2 aromatic carbocycles. The molecule has 0 unspecified atom stereocenters. The minimum atomic E-state index is -0.372. The van der Waals surface area contributed by atoms with Gasteiger partial charge in [-0.25, -0.2) is 14.8 Å². The van der Waals surface area contributed by atoms with Crippen LogP contribution in [0.1, 0.15) is 15.9 Å². The number of nitrogens with zero attached hydrogens (tertiary/aromatic N) is 2. The fraction of sp³-hybridized carbons (Fsp3) is 0.167. The molecular weight excluding hydrogens is 340 g/mol. The highest BCUT2D eigenvalue weighted by atomic mass is 32.1. The first kappa shape index (κ1) is 16.9. The summed E-state index contributed by atoms with van der Waals surface area (Å²) in [5.41, 5.74) is 2.09. The van der Waals surface area contributed by atoms with E-state index in [-0.39, 0.29) is 5.97 Å². The molecule has 0 aliphatic heterocycles. The molecule has 0 atom stereocenters. The predicted octanol–water partition coefficient (Wildman–Crippen LogP) is 3.85. The smallest absolute Gasteiger partial charge is 0.337 e. The van der Waals surface area contributed by atoms with Gasteiger partial charge in [0.05, 0.1) is 37.1 Å². The fourth-order valence-electron chi connectivity index (χ4n) is 2.26. The first-order valence-electron chi connectivity index (χ1n) is 7.39. The molecule has 0 saturated heterocycles. The van der Waals surface area contributed by atoms with Gasteiger partial charge in [0, 0.05) is 17.8 Å². The maximum atomic E-state index is 11.6. The molecule has 0 spiro atoms. The van der Waals surface area contributed by atoms with Gasteiger partial charge in [0.2, 0.25) is 5.13 Å². The third-order valence-corrected chi connectivity index (χ3v) is 4.48. The number of methoxy groups -OCH3 is 3. The summed E-state index contributed by atoms with van der Waals surface area (Å²) in [6.45, 7) is 0. The minimum absolute atomic E-state index is 0.372. The summed E-state index contributed by atoms with van der Waals surface area (Å²) < 4.78 is 16.1. The van der Waals surface area contributed by atoms with Crippen LogP contribution in [-0.4, -0.2) is 38.5 Å². The average Bonchev–Trinajstić information content (AvgIpc) is 3.07. The number of aliphatic imine (C=N–C) groups is 1. The number of carbonyl (C=O) groups excluding carboxylic acids is 1. The van der Waals surface area contributed by atoms with Crippen LogP contribution < -0.4 is 9.47 Å². The monoisotopic (exact) mass is 356 g/mol. The highest BCUT2D eigenvalue weighted by Gasteiger charge is 2.09. The van der Waals surface area contributed by atoms with Gasteiger partial charge in [-0.15, -0.1) is 0 Å². The van der Waals surface area contributed by atoms with Crippen LogP contribution in [0.15, 0.2) is 41.4 Å². The number of ether oxygens (including phenoxy) is 3. The van der Waals surface area contributed by atoms with E-state index in [9.17, 15) is 4.79 Å². The highest BCUT2D eigenvalue weighted by Crippen LogP contribution is 2.30. The summed E-state index contributed by atoms with van der Waals surface area (Å²) in [5.74, 6) is 1.00. The molecule has 1 heterocycles. The molecule has 0 N–H and O–H groups in total. The maximum absolute atomic E-state index is 11.6. The molecule has 0 aliphatic rings. The number of aromatic nitrogens is 1. The molecule has 0 saturated carbocycles. The number of benzene rings is 2. The van der Waals surface area contributed by atoms with E-state index < -0.39 is 0 Å². The summed E-state index contributed by atoms with van der Waals surface area (Å²) >= 11 is 1.40. The van der Waals surface area contributed by atoms with Gasteiger partial charge in [0.15, 0.2) is 0 Å². The Morgan fingerprint density at radius 2 is 1.96 bits per heavy atom. The van der Waals surface area contributed by atoms with Crippen molar-refractivity contribution in [3.8, 4) is 11.5 Å². The van der Waals surface area contributed by atoms with E-state index in [4.69, 9.17) is 14.2 Å². The second-order valence-corrected chi connectivity index (χ2v) is 6.05. The lowest BCUT2D eigenvalue weighted by molar-refractivity contribution is 0.0601. The molecule has 0 fully saturated rings. The van der Waals surface area contributed by atoms with Gasteiger partial charge in [-0.1, -0.05) is 11.3 Å². The molecule has 25 heavy (non-hydrogen) atoms. The van der Waals surface area contributed by atoms with Crippen LogP contribution in [-0.2, 0) is 4.74 Å². The molecule has 6 nitrogen and oxygen atoms in total. The van der Waals surface area contributed by atoms with Gasteiger partial charge >= 0.3 is 5.97 Å². The number of hydrogen-bond donors (Lipinski definition) is 0. The van der Waals surface area contributed by atoms with Crippen LogP contribution in [0.4, 0.5) is 5.13 Å². The fourth-order valence-corrected chi connectivity index (χ4v) is 3.11. The molecule has 128 valence electrons. The van der Waals surface area contributed by atoms with Gasteiger partial charge in [-0.05, 0) is 30.3 Å². The van der Waals surface area contributed by atoms with Gasteiger partial charge in [-0.3, -0.25) is 0 Å². The Hall–Kier alpha value is -2.93. The Morgan fingerprint density at radius 3 is 2.68 bits per heavy atom. The Bertz CT molecular complexity index is 949. The topological polar surface area (TPSA) is 70.0 Å². The van der Waals surface area contributed by atoms with Crippen LogP contribution in [0.25, 0.3) is 10.2 Å². The third kappa shape index (κ3) is 3.61. The van der Waals surface area contributed by atoms with Crippen molar-refractivity contribution in [2.75, 3.05) is 21.3 Å². The van der Waals surface area contributed by atoms with Gasteiger partial charge in [0.25, 0.3) is 0 Å². The van der Waals surface area contributed by atoms with E-state index in [0.29, 0.717) is 22.2 Å². The maximum Gasteiger partial charge on any atom is 0.337 e. The van der Waals surface area contributed by atoms with E-state index in [1.54, 1.807) is 44.7 Å². The summed E-state index contributed by atoms with van der Waals surface area (Å²) in [7, 11) is 4.56. The Kier molecular flexibility index (Phi) is 4.95. The Labute approximate surface area is 148 Å². The number of esters is 1. The normalized spacial score (nSPS) is 11.0. The molecule has 0 amide bonds. The standard InChI is InChI=1S/C18H16N2O4S/c1-22-13-6-4-12(15(9-13)23-2)10-19-18-20-14-7-5-11(17(21)24-3)8-16(14)25-18/h4-10H,1-3H3. The number of fused-ring (bicyclic) bond motifs is 1. The lowest BCUT2D eigenvalue weighted by atomic mass is 10.2. The molecule has 0 radical (unpaired) electrons. The summed E-state index contributed by atoms with van der Waals surface area (Å²) in [6, 6.07) is 10.7. The number of thiazole rings is 1. The summed E-state index contributed by atoms with van der Waals surface area (Å²) in [5, 5.41) is 0.592. The van der Waals surface area contributed by atoms with E-state index in [2.05, 4.69) is 9.98 Å². The lowest BCUT2D eigenvalue weighted by Gasteiger charge is -2.06. The van der Waals surface area contributed by atoms with Crippen molar-refractivity contribution in [2.24, 2.45) is 4.99 Å². The van der Waals surface area contributed by atoms with Gasteiger partial charge < -0.3 is 14.2 Å². The largest absolute Gasteiger partial charge is 0.497 e. The van der Waals surface area contributed by atoms with Crippen molar-refractivity contribution in [3.05, 3.63) is 47.5 Å². The third-order valence-electron chi connectivity index (χ3n) is 3.55. The molecule has 0 aliphatic carbocycles. The first-order valence-corrected chi connectivity index (χ1v) is 8.21. The second-order valence-electron chi connectivity index (χ2n) is 5.04. The Balaban J connectivity index is 1.90. The van der Waals surface area contributed by atoms with Crippen LogP contribution in [0, 0.1) is 0 Å². The molecule has 0 bridgehead atoms. The van der Waals surface area contributed by atoms with Crippen LogP contribution in [0.5, 0.6) is 11.5 Å². The number of rotatable bonds is 5. The summed E-state index contributed by atoms with van der Waals surface area (Å²) in [4.78, 5) is 20.5. The van der Waals surface area contributed by atoms with Gasteiger partial charge in [-0.2, -0.15) is 0 Å². The second kappa shape index (κ2) is 7.31. The van der Waals surface area contributed by atoms with E-state index >= 15 is 0 Å². The van der Waals surface area contributed by atoms with Crippen molar-refractivity contribution in [1.82, 2.24) is 4.98 Å². The van der Waals surface area contributed by atoms with E-state index in [1.807, 2.05) is 12.1 Å². The average molecular weight is 356 g/mol. The van der Waals surface area contributed by atoms with Crippen molar-refractivity contribution < 1.29 is 19.0 Å². The first-order chi connectivity index (χ1) is 12.1. The van der Waals surface area contributed by atoms with Crippen molar-refractivity contribution >= 4 is 38.9 Å². The van der Waals surface area contributed by atoms with Crippen LogP contribution >= 0.6 is 11.3 Å². The SMILES string of the molecule is COC(=O)c1ccc2nc(N=Cc3ccc(OC)cc3OC)sc2c1. The molecule has 3 rings (SSSR count). The molecule has 1 aromatic heterocycles. The summed E-state index contributed by atoms with van der Waals surface area (Å²) in [6.07, 6.45) is 1.69. The van der Waals surface area contributed by atoms with E-state index in [0.717, 1.165) is 15.8 Å². The zero-order chi connectivity index (χ0) is 17.8. The van der Waals surface area contributed by atoms with E-state index in [1.165, 1.54) is 18.4 Å². The number of hydrogen-bond acceptors (Lipinski definition) is 7. The lowest BCUT2D eigenvalue weighted by Crippen LogP contribution is -1.99. The van der Waals surface area contributed by atoms with Crippen molar-refractivity contribution in [3.63, 3.8) is 0 Å². The van der Waals surface area contributed by atoms with Gasteiger partial charge in [0.1, 0.15) is 11.5 Å². The Morgan fingerprint density at radius 1 is 1.12 bits per heavy atom. The molecule has 7 heteroatoms. The van der Waals surface area contributed by atoms with Crippen molar-refractivity contribution in [1.29, 1.82) is 0 Å². The zero-order valence-electron chi connectivity index (χ0n) is 14.0. The molecular formula is C18H16N2O4S. The van der Waals surface area contributed by atoms with Crippen LogP contribution in [0.2, 0.25) is 0 Å². The number of carbonyl (C=O) groups is 1. The van der Waals surface area contributed by atoms with Crippen molar-refractivity contribution in [2.45, 2.75) is 0 Å². The quantitative estimate of drug-likeness (QED) is 0.513. The molecule has 3 aromatic rings. The van der Waals surface area contributed by atoms with Crippen LogP contribution in [0.3, 0.4) is 0 Å².